The number of carbonyl (C=O) groups excluding carboxylic acids is 1. The Bertz CT molecular complexity index is 1690. The molecule has 204 valence electrons. The minimum Gasteiger partial charge on any atom is -0.508 e. The van der Waals surface area contributed by atoms with Gasteiger partial charge in [-0.15, -0.1) is 0 Å². The van der Waals surface area contributed by atoms with Crippen LogP contribution >= 0.6 is 11.6 Å². The molecular formula is C28H23ClFN5O5. The van der Waals surface area contributed by atoms with E-state index in [2.05, 4.69) is 9.97 Å². The van der Waals surface area contributed by atoms with Crippen LogP contribution in [0.4, 0.5) is 15.0 Å². The summed E-state index contributed by atoms with van der Waals surface area (Å²) >= 11 is 6.69. The highest BCUT2D eigenvalue weighted by Crippen LogP contribution is 2.42. The number of nitrogens with zero attached hydrogens (tertiary/aromatic N) is 5. The maximum Gasteiger partial charge on any atom is 0.407 e. The second-order valence-corrected chi connectivity index (χ2v) is 9.79. The lowest BCUT2D eigenvalue weighted by atomic mass is 9.96. The summed E-state index contributed by atoms with van der Waals surface area (Å²) in [5, 5.41) is 30.8. The standard InChI is InChI=1S/C28H23ClFN5O5/c1-15(14-36)40-27-32-25-21(26(33-27)34-8-9-35(28(38)39)17(13-34)6-7-31)12-22(29)23(24(25)30)20-11-18(37)10-16-4-2-3-5-19(16)20/h2-5,10-12,14-15,17,37H,6,8-9,13H2,1H3,(H,38,39)/t15-,17+/m1/s1. The fourth-order valence-corrected chi connectivity index (χ4v) is 5.27. The molecule has 40 heavy (non-hydrogen) atoms. The first kappa shape index (κ1) is 26.9. The Kier molecular flexibility index (Phi) is 7.28. The molecule has 1 aliphatic heterocycles. The first-order valence-electron chi connectivity index (χ1n) is 12.4. The highest BCUT2D eigenvalue weighted by Gasteiger charge is 2.33. The second-order valence-electron chi connectivity index (χ2n) is 9.38. The Morgan fingerprint density at radius 1 is 1.27 bits per heavy atom. The lowest BCUT2D eigenvalue weighted by molar-refractivity contribution is -0.113. The van der Waals surface area contributed by atoms with Crippen LogP contribution in [0.1, 0.15) is 13.3 Å². The Balaban J connectivity index is 1.72. The first-order valence-corrected chi connectivity index (χ1v) is 12.7. The van der Waals surface area contributed by atoms with Crippen molar-refractivity contribution in [2.45, 2.75) is 25.5 Å². The number of aromatic hydroxyl groups is 1. The largest absolute Gasteiger partial charge is 0.508 e. The summed E-state index contributed by atoms with van der Waals surface area (Å²) in [6.07, 6.45) is -1.58. The number of amides is 1. The van der Waals surface area contributed by atoms with E-state index in [4.69, 9.17) is 16.3 Å². The topological polar surface area (TPSA) is 140 Å². The number of hydrogen-bond donors (Lipinski definition) is 2. The van der Waals surface area contributed by atoms with Crippen LogP contribution in [0.2, 0.25) is 5.02 Å². The monoisotopic (exact) mass is 563 g/mol. The Labute approximate surface area is 232 Å². The molecule has 4 aromatic rings. The molecule has 12 heteroatoms. The van der Waals surface area contributed by atoms with E-state index in [1.807, 2.05) is 6.07 Å². The van der Waals surface area contributed by atoms with Crippen LogP contribution in [-0.2, 0) is 4.79 Å². The number of hydrogen-bond acceptors (Lipinski definition) is 8. The van der Waals surface area contributed by atoms with E-state index in [9.17, 15) is 25.1 Å². The van der Waals surface area contributed by atoms with Gasteiger partial charge < -0.3 is 24.7 Å². The lowest BCUT2D eigenvalue weighted by Gasteiger charge is -2.40. The minimum atomic E-state index is -1.15. The number of anilines is 1. The fraction of sp³-hybridized carbons (Fsp3) is 0.250. The van der Waals surface area contributed by atoms with Crippen LogP contribution in [-0.4, -0.2) is 69.2 Å². The molecule has 0 spiro atoms. The van der Waals surface area contributed by atoms with E-state index in [0.717, 1.165) is 0 Å². The van der Waals surface area contributed by atoms with Crippen molar-refractivity contribution in [1.82, 2.24) is 14.9 Å². The van der Waals surface area contributed by atoms with Gasteiger partial charge in [-0.2, -0.15) is 15.2 Å². The fourth-order valence-electron chi connectivity index (χ4n) is 4.98. The molecule has 1 saturated heterocycles. The summed E-state index contributed by atoms with van der Waals surface area (Å²) < 4.78 is 22.0. The number of aldehydes is 1. The predicted molar refractivity (Wildman–Crippen MR) is 146 cm³/mol. The molecule has 1 aromatic heterocycles. The van der Waals surface area contributed by atoms with Gasteiger partial charge in [-0.1, -0.05) is 35.9 Å². The molecule has 0 radical (unpaired) electrons. The molecule has 0 bridgehead atoms. The number of carbonyl (C=O) groups is 2. The minimum absolute atomic E-state index is 0.0124. The van der Waals surface area contributed by atoms with E-state index >= 15 is 4.39 Å². The Morgan fingerprint density at radius 2 is 2.05 bits per heavy atom. The molecule has 1 fully saturated rings. The number of fused-ring (bicyclic) bond motifs is 2. The van der Waals surface area contributed by atoms with Crippen LogP contribution in [0.3, 0.4) is 0 Å². The van der Waals surface area contributed by atoms with Gasteiger partial charge in [0.15, 0.2) is 18.2 Å². The van der Waals surface area contributed by atoms with Gasteiger partial charge in [-0.25, -0.2) is 9.18 Å². The van der Waals surface area contributed by atoms with Gasteiger partial charge in [0.2, 0.25) is 0 Å². The van der Waals surface area contributed by atoms with E-state index < -0.39 is 24.1 Å². The molecule has 0 aliphatic carbocycles. The summed E-state index contributed by atoms with van der Waals surface area (Å²) in [5.41, 5.74) is 0.230. The van der Waals surface area contributed by atoms with Crippen LogP contribution in [0.25, 0.3) is 32.8 Å². The van der Waals surface area contributed by atoms with Gasteiger partial charge >= 0.3 is 12.1 Å². The van der Waals surface area contributed by atoms with Gasteiger partial charge in [0, 0.05) is 30.6 Å². The summed E-state index contributed by atoms with van der Waals surface area (Å²) in [6.45, 7) is 1.86. The van der Waals surface area contributed by atoms with Crippen molar-refractivity contribution >= 4 is 51.5 Å². The van der Waals surface area contributed by atoms with E-state index in [-0.39, 0.29) is 65.1 Å². The summed E-state index contributed by atoms with van der Waals surface area (Å²) in [4.78, 5) is 34.6. The molecular weight excluding hydrogens is 541 g/mol. The highest BCUT2D eigenvalue weighted by molar-refractivity contribution is 6.35. The normalized spacial score (nSPS) is 16.1. The zero-order chi connectivity index (χ0) is 28.6. The van der Waals surface area contributed by atoms with Crippen LogP contribution in [0, 0.1) is 17.1 Å². The van der Waals surface area contributed by atoms with Crippen molar-refractivity contribution < 1.29 is 28.9 Å². The number of ether oxygens (including phenoxy) is 1. The Hall–Kier alpha value is -4.69. The number of nitriles is 1. The number of aromatic nitrogens is 2. The SMILES string of the molecule is C[C@H](C=O)Oc1nc(N2CCN(C(=O)O)[C@@H](CC#N)C2)c2cc(Cl)c(-c3cc(O)cc4ccccc34)c(F)c2n1. The third-order valence-electron chi connectivity index (χ3n) is 6.80. The summed E-state index contributed by atoms with van der Waals surface area (Å²) in [5.74, 6) is -0.640. The maximum atomic E-state index is 16.5. The van der Waals surface area contributed by atoms with Gasteiger partial charge in [0.25, 0.3) is 0 Å². The van der Waals surface area contributed by atoms with Crippen molar-refractivity contribution in [2.75, 3.05) is 24.5 Å². The highest BCUT2D eigenvalue weighted by atomic mass is 35.5. The van der Waals surface area contributed by atoms with E-state index in [1.54, 1.807) is 35.2 Å². The molecule has 0 unspecified atom stereocenters. The zero-order valence-electron chi connectivity index (χ0n) is 21.2. The van der Waals surface area contributed by atoms with Crippen molar-refractivity contribution in [3.63, 3.8) is 0 Å². The number of carboxylic acid groups (broad SMARTS) is 1. The van der Waals surface area contributed by atoms with Crippen LogP contribution in [0.15, 0.2) is 42.5 Å². The number of phenols is 1. The van der Waals surface area contributed by atoms with Crippen molar-refractivity contribution in [1.29, 1.82) is 5.26 Å². The van der Waals surface area contributed by atoms with Crippen LogP contribution < -0.4 is 9.64 Å². The average molecular weight is 564 g/mol. The molecule has 2 atom stereocenters. The van der Waals surface area contributed by atoms with Gasteiger partial charge in [0.1, 0.15) is 17.1 Å². The number of benzene rings is 3. The summed E-state index contributed by atoms with van der Waals surface area (Å²) in [6, 6.07) is 12.7. The maximum absolute atomic E-state index is 16.5. The molecule has 3 aromatic carbocycles. The Morgan fingerprint density at radius 3 is 2.77 bits per heavy atom. The van der Waals surface area contributed by atoms with E-state index in [0.29, 0.717) is 22.6 Å². The number of halogens is 2. The first-order chi connectivity index (χ1) is 19.2. The lowest BCUT2D eigenvalue weighted by Crippen LogP contribution is -2.55. The number of phenolic OH excluding ortho intramolecular Hbond substituents is 1. The van der Waals surface area contributed by atoms with Crippen molar-refractivity contribution in [2.24, 2.45) is 0 Å². The number of piperazine rings is 1. The molecule has 5 rings (SSSR count). The third-order valence-corrected chi connectivity index (χ3v) is 7.09. The smallest absolute Gasteiger partial charge is 0.407 e. The van der Waals surface area contributed by atoms with Gasteiger partial charge in [-0.3, -0.25) is 4.79 Å². The molecule has 0 saturated carbocycles. The molecule has 1 amide bonds. The molecule has 1 aliphatic rings. The van der Waals surface area contributed by atoms with E-state index in [1.165, 1.54) is 24.0 Å². The van der Waals surface area contributed by atoms with Crippen molar-refractivity contribution in [3.8, 4) is 29.0 Å². The van der Waals surface area contributed by atoms with Crippen LogP contribution in [0.5, 0.6) is 11.8 Å². The van der Waals surface area contributed by atoms with Gasteiger partial charge in [-0.05, 0) is 41.5 Å². The molecule has 2 N–H and O–H groups in total. The average Bonchev–Trinajstić information content (AvgIpc) is 2.93. The second kappa shape index (κ2) is 10.8. The third kappa shape index (κ3) is 4.89. The summed E-state index contributed by atoms with van der Waals surface area (Å²) in [7, 11) is 0. The molecule has 10 nitrogen and oxygen atoms in total. The zero-order valence-corrected chi connectivity index (χ0v) is 22.0. The van der Waals surface area contributed by atoms with Gasteiger partial charge in [0.05, 0.1) is 23.6 Å². The quantitative estimate of drug-likeness (QED) is 0.310. The van der Waals surface area contributed by atoms with Crippen molar-refractivity contribution in [3.05, 3.63) is 53.3 Å². The number of rotatable bonds is 6. The molecule has 2 heterocycles. The predicted octanol–water partition coefficient (Wildman–Crippen LogP) is 5.00.